The van der Waals surface area contributed by atoms with E-state index in [1.54, 1.807) is 29.2 Å². The van der Waals surface area contributed by atoms with Crippen LogP contribution in [0.3, 0.4) is 0 Å². The van der Waals surface area contributed by atoms with Crippen LogP contribution < -0.4 is 10.2 Å². The standard InChI is InChI=1S/C15H20N2O4S/c1-22(19,20)13-4-2-12(3-5-13)17-11-15(21-10-14(17)18)6-8-16-9-7-15/h2-5,16H,6-11H2,1H3. The predicted molar refractivity (Wildman–Crippen MR) is 82.7 cm³/mol. The molecule has 2 heterocycles. The number of piperidine rings is 1. The Morgan fingerprint density at radius 3 is 2.41 bits per heavy atom. The SMILES string of the molecule is CS(=O)(=O)c1ccc(N2CC3(CCNCC3)OCC2=O)cc1. The van der Waals surface area contributed by atoms with Gasteiger partial charge in [-0.2, -0.15) is 0 Å². The molecule has 0 saturated carbocycles. The van der Waals surface area contributed by atoms with Crippen molar-refractivity contribution in [2.75, 3.05) is 37.4 Å². The van der Waals surface area contributed by atoms with Crippen molar-refractivity contribution in [3.05, 3.63) is 24.3 Å². The zero-order valence-electron chi connectivity index (χ0n) is 12.5. The van der Waals surface area contributed by atoms with Crippen LogP contribution in [-0.4, -0.2) is 52.4 Å². The fraction of sp³-hybridized carbons (Fsp3) is 0.533. The van der Waals surface area contributed by atoms with Crippen LogP contribution in [0.1, 0.15) is 12.8 Å². The van der Waals surface area contributed by atoms with E-state index in [9.17, 15) is 13.2 Å². The summed E-state index contributed by atoms with van der Waals surface area (Å²) in [7, 11) is -3.23. The number of amides is 1. The Bertz CT molecular complexity index is 663. The van der Waals surface area contributed by atoms with Gasteiger partial charge in [-0.05, 0) is 50.2 Å². The molecule has 2 aliphatic rings. The van der Waals surface area contributed by atoms with Crippen molar-refractivity contribution >= 4 is 21.4 Å². The van der Waals surface area contributed by atoms with Gasteiger partial charge in [-0.15, -0.1) is 0 Å². The van der Waals surface area contributed by atoms with E-state index < -0.39 is 9.84 Å². The van der Waals surface area contributed by atoms with Gasteiger partial charge in [0.15, 0.2) is 9.84 Å². The van der Waals surface area contributed by atoms with Crippen LogP contribution in [-0.2, 0) is 19.4 Å². The van der Waals surface area contributed by atoms with Gasteiger partial charge in [0.2, 0.25) is 0 Å². The molecule has 1 N–H and O–H groups in total. The van der Waals surface area contributed by atoms with Crippen molar-refractivity contribution in [1.82, 2.24) is 5.32 Å². The Hall–Kier alpha value is -1.44. The van der Waals surface area contributed by atoms with Crippen molar-refractivity contribution < 1.29 is 17.9 Å². The Balaban J connectivity index is 1.84. The van der Waals surface area contributed by atoms with Gasteiger partial charge < -0.3 is 15.0 Å². The molecule has 1 amide bonds. The molecule has 7 heteroatoms. The summed E-state index contributed by atoms with van der Waals surface area (Å²) in [5, 5.41) is 3.30. The summed E-state index contributed by atoms with van der Waals surface area (Å²) in [5.74, 6) is -0.0868. The third-order valence-corrected chi connectivity index (χ3v) is 5.47. The molecule has 2 saturated heterocycles. The second kappa shape index (κ2) is 5.64. The molecule has 2 fully saturated rings. The van der Waals surface area contributed by atoms with Crippen molar-refractivity contribution in [3.8, 4) is 0 Å². The highest BCUT2D eigenvalue weighted by Gasteiger charge is 2.41. The number of nitrogens with one attached hydrogen (secondary N) is 1. The maximum absolute atomic E-state index is 12.2. The van der Waals surface area contributed by atoms with Crippen LogP contribution in [0.5, 0.6) is 0 Å². The number of hydrogen-bond donors (Lipinski definition) is 1. The van der Waals surface area contributed by atoms with E-state index in [0.29, 0.717) is 6.54 Å². The summed E-state index contributed by atoms with van der Waals surface area (Å²) < 4.78 is 28.9. The lowest BCUT2D eigenvalue weighted by Crippen LogP contribution is -2.58. The summed E-state index contributed by atoms with van der Waals surface area (Å²) >= 11 is 0. The third kappa shape index (κ3) is 3.02. The molecule has 0 bridgehead atoms. The molecular weight excluding hydrogens is 304 g/mol. The Labute approximate surface area is 130 Å². The minimum absolute atomic E-state index is 0.0772. The Kier molecular flexibility index (Phi) is 3.96. The molecule has 0 unspecified atom stereocenters. The van der Waals surface area contributed by atoms with Crippen molar-refractivity contribution in [3.63, 3.8) is 0 Å². The molecule has 6 nitrogen and oxygen atoms in total. The minimum Gasteiger partial charge on any atom is -0.363 e. The summed E-state index contributed by atoms with van der Waals surface area (Å²) in [6.07, 6.45) is 2.92. The zero-order valence-corrected chi connectivity index (χ0v) is 13.4. The summed E-state index contributed by atoms with van der Waals surface area (Å²) in [5.41, 5.74) is 0.438. The van der Waals surface area contributed by atoms with E-state index in [1.165, 1.54) is 6.26 Å². The zero-order chi connectivity index (χ0) is 15.8. The highest BCUT2D eigenvalue weighted by molar-refractivity contribution is 7.90. The monoisotopic (exact) mass is 324 g/mol. The van der Waals surface area contributed by atoms with Gasteiger partial charge in [-0.25, -0.2) is 8.42 Å². The Morgan fingerprint density at radius 2 is 1.82 bits per heavy atom. The van der Waals surface area contributed by atoms with Crippen LogP contribution >= 0.6 is 0 Å². The lowest BCUT2D eigenvalue weighted by molar-refractivity contribution is -0.141. The predicted octanol–water partition coefficient (Wildman–Crippen LogP) is 0.575. The summed E-state index contributed by atoms with van der Waals surface area (Å²) in [4.78, 5) is 14.1. The maximum atomic E-state index is 12.2. The quantitative estimate of drug-likeness (QED) is 0.861. The average molecular weight is 324 g/mol. The fourth-order valence-electron chi connectivity index (χ4n) is 3.01. The summed E-state index contributed by atoms with van der Waals surface area (Å²) in [6.45, 7) is 2.36. The van der Waals surface area contributed by atoms with Crippen LogP contribution in [0.15, 0.2) is 29.2 Å². The van der Waals surface area contributed by atoms with Crippen LogP contribution in [0.25, 0.3) is 0 Å². The number of morpholine rings is 1. The largest absolute Gasteiger partial charge is 0.363 e. The van der Waals surface area contributed by atoms with E-state index in [-0.39, 0.29) is 23.0 Å². The molecule has 3 rings (SSSR count). The molecule has 22 heavy (non-hydrogen) atoms. The maximum Gasteiger partial charge on any atom is 0.253 e. The first-order valence-corrected chi connectivity index (χ1v) is 9.24. The molecule has 0 radical (unpaired) electrons. The average Bonchev–Trinajstić information content (AvgIpc) is 2.50. The van der Waals surface area contributed by atoms with Gasteiger partial charge in [0.1, 0.15) is 6.61 Å². The molecule has 1 aromatic carbocycles. The van der Waals surface area contributed by atoms with Crippen molar-refractivity contribution in [1.29, 1.82) is 0 Å². The molecule has 0 aliphatic carbocycles. The number of carbonyl (C=O) groups excluding carboxylic acids is 1. The first-order chi connectivity index (χ1) is 10.4. The van der Waals surface area contributed by atoms with E-state index in [1.807, 2.05) is 0 Å². The highest BCUT2D eigenvalue weighted by Crippen LogP contribution is 2.31. The van der Waals surface area contributed by atoms with Gasteiger partial charge in [0.25, 0.3) is 5.91 Å². The van der Waals surface area contributed by atoms with E-state index >= 15 is 0 Å². The van der Waals surface area contributed by atoms with Crippen LogP contribution in [0.4, 0.5) is 5.69 Å². The molecule has 0 aromatic heterocycles. The molecule has 0 atom stereocenters. The topological polar surface area (TPSA) is 75.7 Å². The number of anilines is 1. The smallest absolute Gasteiger partial charge is 0.253 e. The van der Waals surface area contributed by atoms with E-state index in [4.69, 9.17) is 4.74 Å². The van der Waals surface area contributed by atoms with Gasteiger partial charge >= 0.3 is 0 Å². The first kappa shape index (κ1) is 15.5. The number of ether oxygens (including phenoxy) is 1. The summed E-state index contributed by atoms with van der Waals surface area (Å²) in [6, 6.07) is 6.47. The second-order valence-corrected chi connectivity index (χ2v) is 7.98. The lowest BCUT2D eigenvalue weighted by Gasteiger charge is -2.44. The number of benzene rings is 1. The second-order valence-electron chi connectivity index (χ2n) is 5.97. The number of rotatable bonds is 2. The normalized spacial score (nSPS) is 22.0. The van der Waals surface area contributed by atoms with Crippen molar-refractivity contribution in [2.45, 2.75) is 23.3 Å². The number of sulfone groups is 1. The van der Waals surface area contributed by atoms with Gasteiger partial charge in [0, 0.05) is 11.9 Å². The molecular formula is C15H20N2O4S. The van der Waals surface area contributed by atoms with Crippen LogP contribution in [0.2, 0.25) is 0 Å². The minimum atomic E-state index is -3.23. The van der Waals surface area contributed by atoms with Gasteiger partial charge in [-0.1, -0.05) is 0 Å². The fourth-order valence-corrected chi connectivity index (χ4v) is 3.64. The first-order valence-electron chi connectivity index (χ1n) is 7.35. The van der Waals surface area contributed by atoms with Gasteiger partial charge in [-0.3, -0.25) is 4.79 Å². The number of nitrogens with zero attached hydrogens (tertiary/aromatic N) is 1. The third-order valence-electron chi connectivity index (χ3n) is 4.34. The van der Waals surface area contributed by atoms with Gasteiger partial charge in [0.05, 0.1) is 17.0 Å². The highest BCUT2D eigenvalue weighted by atomic mass is 32.2. The van der Waals surface area contributed by atoms with E-state index in [0.717, 1.165) is 31.6 Å². The number of carbonyl (C=O) groups is 1. The molecule has 1 spiro atoms. The van der Waals surface area contributed by atoms with Crippen molar-refractivity contribution in [2.24, 2.45) is 0 Å². The molecule has 1 aromatic rings. The Morgan fingerprint density at radius 1 is 1.18 bits per heavy atom. The molecule has 120 valence electrons. The number of hydrogen-bond acceptors (Lipinski definition) is 5. The molecule has 2 aliphatic heterocycles. The van der Waals surface area contributed by atoms with E-state index in [2.05, 4.69) is 5.32 Å². The van der Waals surface area contributed by atoms with Crippen LogP contribution in [0, 0.1) is 0 Å². The lowest BCUT2D eigenvalue weighted by atomic mass is 9.90.